The summed E-state index contributed by atoms with van der Waals surface area (Å²) in [6, 6.07) is 0. The van der Waals surface area contributed by atoms with Gasteiger partial charge in [0.1, 0.15) is 0 Å². The predicted molar refractivity (Wildman–Crippen MR) is 89.9 cm³/mol. The SMILES string of the molecule is C[C@@H](COCCOC[C@H](C)OC1CCCCO1)OC1CCCCO1. The lowest BCUT2D eigenvalue weighted by Gasteiger charge is -2.26. The minimum Gasteiger partial charge on any atom is -0.376 e. The van der Waals surface area contributed by atoms with Crippen LogP contribution >= 0.6 is 0 Å². The Bertz CT molecular complexity index is 272. The molecule has 2 aliphatic rings. The van der Waals surface area contributed by atoms with E-state index in [0.717, 1.165) is 38.9 Å². The molecule has 142 valence electrons. The van der Waals surface area contributed by atoms with E-state index in [4.69, 9.17) is 28.4 Å². The predicted octanol–water partition coefficient (Wildman–Crippen LogP) is 2.88. The smallest absolute Gasteiger partial charge is 0.158 e. The molecule has 0 aliphatic carbocycles. The van der Waals surface area contributed by atoms with E-state index in [-0.39, 0.29) is 24.8 Å². The van der Waals surface area contributed by atoms with Gasteiger partial charge in [-0.15, -0.1) is 0 Å². The second-order valence-electron chi connectivity index (χ2n) is 6.64. The molecule has 0 radical (unpaired) electrons. The van der Waals surface area contributed by atoms with Crippen LogP contribution < -0.4 is 0 Å². The zero-order valence-electron chi connectivity index (χ0n) is 15.2. The van der Waals surface area contributed by atoms with Crippen molar-refractivity contribution in [1.82, 2.24) is 0 Å². The van der Waals surface area contributed by atoms with Crippen LogP contribution in [0.15, 0.2) is 0 Å². The van der Waals surface area contributed by atoms with Crippen LogP contribution in [0.25, 0.3) is 0 Å². The zero-order chi connectivity index (χ0) is 17.0. The molecule has 6 heteroatoms. The Balaban J connectivity index is 1.40. The number of hydrogen-bond donors (Lipinski definition) is 0. The van der Waals surface area contributed by atoms with Crippen molar-refractivity contribution in [2.45, 2.75) is 77.2 Å². The van der Waals surface area contributed by atoms with Crippen molar-refractivity contribution in [1.29, 1.82) is 0 Å². The molecule has 2 heterocycles. The molecule has 6 nitrogen and oxygen atoms in total. The average molecular weight is 346 g/mol. The summed E-state index contributed by atoms with van der Waals surface area (Å²) in [7, 11) is 0. The number of ether oxygens (including phenoxy) is 6. The molecule has 2 rings (SSSR count). The van der Waals surface area contributed by atoms with Gasteiger partial charge in [-0.2, -0.15) is 0 Å². The lowest BCUT2D eigenvalue weighted by molar-refractivity contribution is -0.198. The number of rotatable bonds is 11. The largest absolute Gasteiger partial charge is 0.376 e. The monoisotopic (exact) mass is 346 g/mol. The van der Waals surface area contributed by atoms with E-state index >= 15 is 0 Å². The van der Waals surface area contributed by atoms with Crippen molar-refractivity contribution < 1.29 is 28.4 Å². The molecular weight excluding hydrogens is 312 g/mol. The zero-order valence-corrected chi connectivity index (χ0v) is 15.2. The van der Waals surface area contributed by atoms with E-state index in [1.165, 1.54) is 12.8 Å². The van der Waals surface area contributed by atoms with E-state index in [1.807, 2.05) is 13.8 Å². The van der Waals surface area contributed by atoms with Crippen LogP contribution in [0.4, 0.5) is 0 Å². The summed E-state index contributed by atoms with van der Waals surface area (Å²) in [5, 5.41) is 0. The lowest BCUT2D eigenvalue weighted by atomic mass is 10.2. The van der Waals surface area contributed by atoms with E-state index in [0.29, 0.717) is 26.4 Å². The molecule has 2 aliphatic heterocycles. The summed E-state index contributed by atoms with van der Waals surface area (Å²) >= 11 is 0. The normalized spacial score (nSPS) is 27.8. The standard InChI is InChI=1S/C18H34O6/c1-15(23-17-7-3-5-9-21-17)13-19-11-12-20-14-16(2)24-18-8-4-6-10-22-18/h15-18H,3-14H2,1-2H3/t15-,16-,17?,18?/m0/s1. The van der Waals surface area contributed by atoms with Gasteiger partial charge in [0.05, 0.1) is 38.6 Å². The number of hydrogen-bond acceptors (Lipinski definition) is 6. The van der Waals surface area contributed by atoms with Gasteiger partial charge in [0, 0.05) is 13.2 Å². The van der Waals surface area contributed by atoms with E-state index in [2.05, 4.69) is 0 Å². The first kappa shape index (κ1) is 20.1. The Labute approximate surface area is 146 Å². The Kier molecular flexibility index (Phi) is 10.2. The molecule has 2 fully saturated rings. The summed E-state index contributed by atoms with van der Waals surface area (Å²) in [4.78, 5) is 0. The van der Waals surface area contributed by atoms with E-state index < -0.39 is 0 Å². The summed E-state index contributed by atoms with van der Waals surface area (Å²) in [6.45, 7) is 7.88. The Hall–Kier alpha value is -0.240. The van der Waals surface area contributed by atoms with Crippen molar-refractivity contribution >= 4 is 0 Å². The molecular formula is C18H34O6. The third-order valence-electron chi connectivity index (χ3n) is 4.12. The molecule has 0 bridgehead atoms. The quantitative estimate of drug-likeness (QED) is 0.536. The fourth-order valence-electron chi connectivity index (χ4n) is 2.85. The minimum absolute atomic E-state index is 0.0406. The first-order chi connectivity index (χ1) is 11.7. The van der Waals surface area contributed by atoms with Crippen molar-refractivity contribution in [3.05, 3.63) is 0 Å². The molecule has 0 aromatic heterocycles. The second kappa shape index (κ2) is 12.2. The minimum atomic E-state index is -0.0615. The molecule has 2 saturated heterocycles. The first-order valence-electron chi connectivity index (χ1n) is 9.43. The molecule has 0 spiro atoms. The Morgan fingerprint density at radius 1 is 0.750 bits per heavy atom. The van der Waals surface area contributed by atoms with Gasteiger partial charge in [-0.25, -0.2) is 0 Å². The van der Waals surface area contributed by atoms with Crippen LogP contribution in [-0.4, -0.2) is 64.4 Å². The van der Waals surface area contributed by atoms with Gasteiger partial charge in [-0.1, -0.05) is 0 Å². The van der Waals surface area contributed by atoms with Crippen LogP contribution in [0, 0.1) is 0 Å². The second-order valence-corrected chi connectivity index (χ2v) is 6.64. The molecule has 0 amide bonds. The maximum atomic E-state index is 5.80. The Morgan fingerprint density at radius 3 is 1.58 bits per heavy atom. The molecule has 2 unspecified atom stereocenters. The first-order valence-corrected chi connectivity index (χ1v) is 9.43. The third-order valence-corrected chi connectivity index (χ3v) is 4.12. The van der Waals surface area contributed by atoms with Gasteiger partial charge < -0.3 is 28.4 Å². The summed E-state index contributed by atoms with van der Waals surface area (Å²) < 4.78 is 33.9. The van der Waals surface area contributed by atoms with Crippen LogP contribution in [0.5, 0.6) is 0 Å². The fraction of sp³-hybridized carbons (Fsp3) is 1.00. The van der Waals surface area contributed by atoms with Crippen molar-refractivity contribution in [2.24, 2.45) is 0 Å². The third kappa shape index (κ3) is 8.74. The maximum absolute atomic E-state index is 5.80. The van der Waals surface area contributed by atoms with Gasteiger partial charge in [0.15, 0.2) is 12.6 Å². The molecule has 0 aromatic carbocycles. The van der Waals surface area contributed by atoms with Gasteiger partial charge in [-0.3, -0.25) is 0 Å². The maximum Gasteiger partial charge on any atom is 0.158 e. The van der Waals surface area contributed by atoms with Crippen molar-refractivity contribution in [3.8, 4) is 0 Å². The van der Waals surface area contributed by atoms with Crippen LogP contribution in [-0.2, 0) is 28.4 Å². The topological polar surface area (TPSA) is 55.4 Å². The average Bonchev–Trinajstić information content (AvgIpc) is 2.60. The van der Waals surface area contributed by atoms with Crippen LogP contribution in [0.3, 0.4) is 0 Å². The molecule has 0 saturated carbocycles. The van der Waals surface area contributed by atoms with Gasteiger partial charge >= 0.3 is 0 Å². The summed E-state index contributed by atoms with van der Waals surface area (Å²) in [5.74, 6) is 0. The molecule has 0 N–H and O–H groups in total. The van der Waals surface area contributed by atoms with Crippen molar-refractivity contribution in [2.75, 3.05) is 39.6 Å². The molecule has 24 heavy (non-hydrogen) atoms. The van der Waals surface area contributed by atoms with Gasteiger partial charge in [-0.05, 0) is 52.4 Å². The molecule has 0 aromatic rings. The summed E-state index contributed by atoms with van der Waals surface area (Å²) in [5.41, 5.74) is 0. The van der Waals surface area contributed by atoms with E-state index in [9.17, 15) is 0 Å². The van der Waals surface area contributed by atoms with Crippen LogP contribution in [0.2, 0.25) is 0 Å². The highest BCUT2D eigenvalue weighted by Gasteiger charge is 2.18. The summed E-state index contributed by atoms with van der Waals surface area (Å²) in [6.07, 6.45) is 6.55. The van der Waals surface area contributed by atoms with Crippen LogP contribution in [0.1, 0.15) is 52.4 Å². The van der Waals surface area contributed by atoms with Crippen molar-refractivity contribution in [3.63, 3.8) is 0 Å². The highest BCUT2D eigenvalue weighted by molar-refractivity contribution is 4.58. The fourth-order valence-corrected chi connectivity index (χ4v) is 2.85. The highest BCUT2D eigenvalue weighted by atomic mass is 16.7. The molecule has 4 atom stereocenters. The Morgan fingerprint density at radius 2 is 1.21 bits per heavy atom. The van der Waals surface area contributed by atoms with Gasteiger partial charge in [0.25, 0.3) is 0 Å². The van der Waals surface area contributed by atoms with E-state index in [1.54, 1.807) is 0 Å². The highest BCUT2D eigenvalue weighted by Crippen LogP contribution is 2.16. The van der Waals surface area contributed by atoms with Gasteiger partial charge in [0.2, 0.25) is 0 Å². The lowest BCUT2D eigenvalue weighted by Crippen LogP contribution is -2.30.